The Morgan fingerprint density at radius 3 is 2.26 bits per heavy atom. The molecule has 0 bridgehead atoms. The van der Waals surface area contributed by atoms with Crippen LogP contribution in [0.15, 0.2) is 18.2 Å². The molecule has 1 rings (SSSR count). The molecule has 1 N–H and O–H groups in total. The highest BCUT2D eigenvalue weighted by Crippen LogP contribution is 2.38. The lowest BCUT2D eigenvalue weighted by molar-refractivity contribution is 0.0254. The van der Waals surface area contributed by atoms with Gasteiger partial charge in [0.25, 0.3) is 6.43 Å². The zero-order chi connectivity index (χ0) is 14.8. The van der Waals surface area contributed by atoms with Gasteiger partial charge in [0, 0.05) is 5.41 Å². The maximum absolute atomic E-state index is 13.3. The normalized spacial score (nSPS) is 12.9. The number of benzene rings is 1. The van der Waals surface area contributed by atoms with Crippen molar-refractivity contribution in [2.45, 2.75) is 45.1 Å². The van der Waals surface area contributed by atoms with Gasteiger partial charge in [-0.1, -0.05) is 19.9 Å². The predicted octanol–water partition coefficient (Wildman–Crippen LogP) is 3.36. The van der Waals surface area contributed by atoms with E-state index in [-0.39, 0.29) is 0 Å². The van der Waals surface area contributed by atoms with Gasteiger partial charge in [0.05, 0.1) is 11.2 Å². The smallest absolute Gasteiger partial charge is 0.429 e. The molecule has 0 aliphatic heterocycles. The third kappa shape index (κ3) is 3.12. The van der Waals surface area contributed by atoms with Crippen LogP contribution in [0.25, 0.3) is 0 Å². The molecule has 0 heterocycles. The maximum Gasteiger partial charge on any atom is 0.485 e. The van der Waals surface area contributed by atoms with Crippen LogP contribution in [0.1, 0.15) is 45.2 Å². The highest BCUT2D eigenvalue weighted by molar-refractivity contribution is 6.16. The average Bonchev–Trinajstić information content (AvgIpc) is 2.28. The van der Waals surface area contributed by atoms with Crippen molar-refractivity contribution in [1.82, 2.24) is 0 Å². The molecule has 1 aromatic rings. The summed E-state index contributed by atoms with van der Waals surface area (Å²) in [5.74, 6) is -0.929. The Labute approximate surface area is 111 Å². The van der Waals surface area contributed by atoms with Gasteiger partial charge in [0.1, 0.15) is 5.82 Å². The molecule has 0 aromatic heterocycles. The molecule has 0 atom stereocenters. The zero-order valence-electron chi connectivity index (χ0n) is 11.4. The number of rotatable bonds is 5. The lowest BCUT2D eigenvalue weighted by atomic mass is 9.71. The second kappa shape index (κ2) is 5.55. The molecule has 19 heavy (non-hydrogen) atoms. The summed E-state index contributed by atoms with van der Waals surface area (Å²) < 4.78 is 43.9. The number of alkyl halides is 2. The zero-order valence-corrected chi connectivity index (χ0v) is 11.4. The summed E-state index contributed by atoms with van der Waals surface area (Å²) in [7, 11) is 0.569. The molecule has 105 valence electrons. The third-order valence-corrected chi connectivity index (χ3v) is 3.81. The van der Waals surface area contributed by atoms with Crippen molar-refractivity contribution in [3.8, 4) is 0 Å². The summed E-state index contributed by atoms with van der Waals surface area (Å²) in [5, 5.41) is 8.77. The Morgan fingerprint density at radius 1 is 1.21 bits per heavy atom. The maximum atomic E-state index is 13.3. The molecule has 0 amide bonds. The van der Waals surface area contributed by atoms with E-state index >= 15 is 0 Å². The molecular formula is C13H17BF3O2. The fourth-order valence-corrected chi connectivity index (χ4v) is 1.73. The summed E-state index contributed by atoms with van der Waals surface area (Å²) in [6.07, 6.45) is -2.87. The molecular weight excluding hydrogens is 256 g/mol. The lowest BCUT2D eigenvalue weighted by Crippen LogP contribution is -2.46. The predicted molar refractivity (Wildman–Crippen MR) is 67.5 cm³/mol. The lowest BCUT2D eigenvalue weighted by Gasteiger charge is -2.42. The Hall–Kier alpha value is -1.01. The van der Waals surface area contributed by atoms with E-state index in [9.17, 15) is 13.2 Å². The van der Waals surface area contributed by atoms with Gasteiger partial charge in [-0.05, 0) is 31.5 Å². The molecule has 0 saturated heterocycles. The van der Waals surface area contributed by atoms with E-state index in [1.54, 1.807) is 27.7 Å². The third-order valence-electron chi connectivity index (χ3n) is 3.81. The fourth-order valence-electron chi connectivity index (χ4n) is 1.73. The van der Waals surface area contributed by atoms with E-state index < -0.39 is 28.8 Å². The average molecular weight is 273 g/mol. The second-order valence-corrected chi connectivity index (χ2v) is 5.40. The molecule has 0 spiro atoms. The van der Waals surface area contributed by atoms with Gasteiger partial charge in [0.15, 0.2) is 0 Å². The van der Waals surface area contributed by atoms with Crippen LogP contribution in [0.5, 0.6) is 0 Å². The molecule has 6 heteroatoms. The van der Waals surface area contributed by atoms with E-state index in [0.29, 0.717) is 13.2 Å². The summed E-state index contributed by atoms with van der Waals surface area (Å²) in [4.78, 5) is 0. The molecule has 0 aliphatic carbocycles. The number of hydrogen-bond donors (Lipinski definition) is 1. The highest BCUT2D eigenvalue weighted by atomic mass is 19.3. The SMILES string of the molecule is CC(C)(O[B]O)C(C)(C)c1ccc(F)c(C(F)F)c1. The standard InChI is InChI=1S/C13H17BF3O2/c1-12(2,13(3,4)19-14-18)8-5-6-10(15)9(7-8)11(16)17/h5-7,11,18H,1-4H3. The quantitative estimate of drug-likeness (QED) is 0.833. The molecule has 0 unspecified atom stereocenters. The van der Waals surface area contributed by atoms with Crippen molar-refractivity contribution in [2.24, 2.45) is 0 Å². The Morgan fingerprint density at radius 2 is 1.79 bits per heavy atom. The summed E-state index contributed by atoms with van der Waals surface area (Å²) in [6, 6.07) is 3.61. The van der Waals surface area contributed by atoms with Crippen LogP contribution in [0, 0.1) is 5.82 Å². The first-order valence-corrected chi connectivity index (χ1v) is 5.85. The van der Waals surface area contributed by atoms with Crippen LogP contribution in [-0.4, -0.2) is 18.3 Å². The minimum absolute atomic E-state index is 0.510. The molecule has 1 radical (unpaired) electrons. The van der Waals surface area contributed by atoms with E-state index in [1.807, 2.05) is 0 Å². The summed E-state index contributed by atoms with van der Waals surface area (Å²) in [5.41, 5.74) is -1.67. The van der Waals surface area contributed by atoms with Gasteiger partial charge < -0.3 is 9.68 Å². The monoisotopic (exact) mass is 273 g/mol. The van der Waals surface area contributed by atoms with E-state index in [2.05, 4.69) is 0 Å². The Kier molecular flexibility index (Phi) is 4.69. The van der Waals surface area contributed by atoms with E-state index in [0.717, 1.165) is 12.1 Å². The number of hydrogen-bond acceptors (Lipinski definition) is 2. The van der Waals surface area contributed by atoms with Gasteiger partial charge in [-0.25, -0.2) is 13.2 Å². The van der Waals surface area contributed by atoms with Crippen molar-refractivity contribution >= 4 is 7.69 Å². The van der Waals surface area contributed by atoms with E-state index in [4.69, 9.17) is 9.68 Å². The van der Waals surface area contributed by atoms with Crippen LogP contribution in [0.2, 0.25) is 0 Å². The molecule has 0 fully saturated rings. The van der Waals surface area contributed by atoms with E-state index in [1.165, 1.54) is 6.07 Å². The van der Waals surface area contributed by atoms with Gasteiger partial charge in [-0.2, -0.15) is 0 Å². The molecule has 1 aromatic carbocycles. The largest absolute Gasteiger partial charge is 0.485 e. The summed E-state index contributed by atoms with van der Waals surface area (Å²) in [6.45, 7) is 6.98. The van der Waals surface area contributed by atoms with Crippen LogP contribution in [-0.2, 0) is 10.1 Å². The Balaban J connectivity index is 3.25. The topological polar surface area (TPSA) is 29.5 Å². The van der Waals surface area contributed by atoms with Crippen LogP contribution in [0.3, 0.4) is 0 Å². The molecule has 0 saturated carbocycles. The molecule has 2 nitrogen and oxygen atoms in total. The first kappa shape index (κ1) is 16.1. The second-order valence-electron chi connectivity index (χ2n) is 5.40. The van der Waals surface area contributed by atoms with Crippen molar-refractivity contribution in [3.05, 3.63) is 35.1 Å². The molecule has 0 aliphatic rings. The van der Waals surface area contributed by atoms with Gasteiger partial charge >= 0.3 is 7.69 Å². The van der Waals surface area contributed by atoms with Crippen molar-refractivity contribution in [3.63, 3.8) is 0 Å². The first-order chi connectivity index (χ1) is 8.63. The van der Waals surface area contributed by atoms with Gasteiger partial charge in [-0.15, -0.1) is 0 Å². The fraction of sp³-hybridized carbons (Fsp3) is 0.538. The summed E-state index contributed by atoms with van der Waals surface area (Å²) >= 11 is 0. The van der Waals surface area contributed by atoms with Crippen molar-refractivity contribution in [2.75, 3.05) is 0 Å². The van der Waals surface area contributed by atoms with Gasteiger partial charge in [-0.3, -0.25) is 0 Å². The minimum atomic E-state index is -2.87. The van der Waals surface area contributed by atoms with Crippen molar-refractivity contribution < 1.29 is 22.8 Å². The first-order valence-electron chi connectivity index (χ1n) is 5.85. The Bertz CT molecular complexity index is 448. The minimum Gasteiger partial charge on any atom is -0.429 e. The van der Waals surface area contributed by atoms with Crippen LogP contribution in [0.4, 0.5) is 13.2 Å². The van der Waals surface area contributed by atoms with Crippen LogP contribution < -0.4 is 0 Å². The van der Waals surface area contributed by atoms with Crippen molar-refractivity contribution in [1.29, 1.82) is 0 Å². The number of halogens is 3. The van der Waals surface area contributed by atoms with Crippen LogP contribution >= 0.6 is 0 Å². The highest BCUT2D eigenvalue weighted by Gasteiger charge is 2.39. The van der Waals surface area contributed by atoms with Gasteiger partial charge in [0.2, 0.25) is 0 Å².